The Bertz CT molecular complexity index is 986. The minimum atomic E-state index is -0.323. The third-order valence-corrected chi connectivity index (χ3v) is 3.99. The molecule has 0 aliphatic heterocycles. The second kappa shape index (κ2) is 7.15. The highest BCUT2D eigenvalue weighted by Crippen LogP contribution is 2.31. The van der Waals surface area contributed by atoms with Gasteiger partial charge in [0.2, 0.25) is 0 Å². The second-order valence-corrected chi connectivity index (χ2v) is 6.05. The van der Waals surface area contributed by atoms with E-state index in [0.29, 0.717) is 11.1 Å². The summed E-state index contributed by atoms with van der Waals surface area (Å²) < 4.78 is 0. The number of hydrogen-bond acceptors (Lipinski definition) is 4. The van der Waals surface area contributed by atoms with Crippen molar-refractivity contribution >= 4 is 17.9 Å². The molecule has 0 saturated carbocycles. The van der Waals surface area contributed by atoms with E-state index in [0.717, 1.165) is 17.2 Å². The lowest BCUT2D eigenvalue weighted by Gasteiger charge is -2.10. The lowest BCUT2D eigenvalue weighted by molar-refractivity contribution is 0.103. The van der Waals surface area contributed by atoms with Gasteiger partial charge in [0, 0.05) is 11.6 Å². The fourth-order valence-electron chi connectivity index (χ4n) is 2.71. The topological polar surface area (TPSA) is 77.8 Å². The molecule has 0 unspecified atom stereocenters. The van der Waals surface area contributed by atoms with Crippen LogP contribution in [0.25, 0.3) is 12.2 Å². The van der Waals surface area contributed by atoms with Gasteiger partial charge in [-0.05, 0) is 42.3 Å². The molecule has 3 aromatic rings. The van der Waals surface area contributed by atoms with Crippen LogP contribution in [-0.2, 0) is 0 Å². The van der Waals surface area contributed by atoms with Gasteiger partial charge in [-0.2, -0.15) is 0 Å². The first-order valence-electron chi connectivity index (χ1n) is 8.08. The van der Waals surface area contributed by atoms with Crippen molar-refractivity contribution in [3.63, 3.8) is 0 Å². The summed E-state index contributed by atoms with van der Waals surface area (Å²) in [4.78, 5) is 12.9. The van der Waals surface area contributed by atoms with E-state index >= 15 is 0 Å². The second-order valence-electron chi connectivity index (χ2n) is 6.05. The van der Waals surface area contributed by atoms with Crippen LogP contribution < -0.4 is 0 Å². The van der Waals surface area contributed by atoms with Crippen LogP contribution in [0.2, 0.25) is 0 Å². The van der Waals surface area contributed by atoms with Gasteiger partial charge in [-0.15, -0.1) is 0 Å². The highest BCUT2D eigenvalue weighted by Gasteiger charge is 2.18. The summed E-state index contributed by atoms with van der Waals surface area (Å²) in [5.74, 6) is -0.570. The Morgan fingerprint density at radius 1 is 0.846 bits per heavy atom. The largest absolute Gasteiger partial charge is 0.508 e. The average molecular weight is 346 g/mol. The number of benzene rings is 3. The van der Waals surface area contributed by atoms with Crippen molar-refractivity contribution in [2.45, 2.75) is 6.92 Å². The van der Waals surface area contributed by atoms with E-state index in [4.69, 9.17) is 0 Å². The van der Waals surface area contributed by atoms with Gasteiger partial charge in [-0.25, -0.2) is 0 Å². The summed E-state index contributed by atoms with van der Waals surface area (Å²) in [6.45, 7) is 1.89. The Morgan fingerprint density at radius 3 is 2.27 bits per heavy atom. The maximum Gasteiger partial charge on any atom is 0.197 e. The lowest BCUT2D eigenvalue weighted by Crippen LogP contribution is -2.04. The molecule has 0 amide bonds. The van der Waals surface area contributed by atoms with Crippen molar-refractivity contribution in [2.24, 2.45) is 0 Å². The molecule has 0 atom stereocenters. The standard InChI is InChI=1S/C22H18O4/c1-14-3-2-4-17(11-14)22(26)21-16(12-19(24)13-20(21)25)8-5-15-6-9-18(23)10-7-15/h2-13,23-25H,1H3. The Morgan fingerprint density at radius 2 is 1.58 bits per heavy atom. The van der Waals surface area contributed by atoms with Crippen molar-refractivity contribution in [3.8, 4) is 17.2 Å². The number of phenols is 3. The van der Waals surface area contributed by atoms with E-state index in [2.05, 4.69) is 0 Å². The van der Waals surface area contributed by atoms with Crippen LogP contribution in [0.3, 0.4) is 0 Å². The van der Waals surface area contributed by atoms with Crippen LogP contribution in [0.1, 0.15) is 32.6 Å². The predicted octanol–water partition coefficient (Wildman–Crippen LogP) is 4.51. The number of rotatable bonds is 4. The highest BCUT2D eigenvalue weighted by molar-refractivity contribution is 6.13. The van der Waals surface area contributed by atoms with Crippen LogP contribution >= 0.6 is 0 Å². The van der Waals surface area contributed by atoms with Crippen molar-refractivity contribution < 1.29 is 20.1 Å². The summed E-state index contributed by atoms with van der Waals surface area (Å²) in [6.07, 6.45) is 3.38. The first-order valence-corrected chi connectivity index (χ1v) is 8.08. The molecule has 3 N–H and O–H groups in total. The van der Waals surface area contributed by atoms with Crippen LogP contribution in [0.4, 0.5) is 0 Å². The van der Waals surface area contributed by atoms with Crippen molar-refractivity contribution in [1.82, 2.24) is 0 Å². The number of hydrogen-bond donors (Lipinski definition) is 3. The predicted molar refractivity (Wildman–Crippen MR) is 101 cm³/mol. The normalized spacial score (nSPS) is 11.0. The third kappa shape index (κ3) is 3.75. The molecule has 0 heterocycles. The van der Waals surface area contributed by atoms with Crippen LogP contribution in [0.15, 0.2) is 60.7 Å². The molecule has 0 aliphatic carbocycles. The van der Waals surface area contributed by atoms with E-state index in [9.17, 15) is 20.1 Å². The Hall–Kier alpha value is -3.53. The minimum absolute atomic E-state index is 0.128. The van der Waals surface area contributed by atoms with Gasteiger partial charge in [-0.3, -0.25) is 4.79 Å². The summed E-state index contributed by atoms with van der Waals surface area (Å²) in [7, 11) is 0. The zero-order chi connectivity index (χ0) is 18.7. The highest BCUT2D eigenvalue weighted by atomic mass is 16.3. The molecule has 130 valence electrons. The average Bonchev–Trinajstić information content (AvgIpc) is 2.60. The summed E-state index contributed by atoms with van der Waals surface area (Å²) in [5.41, 5.74) is 2.74. The molecular formula is C22H18O4. The molecule has 0 fully saturated rings. The third-order valence-electron chi connectivity index (χ3n) is 3.99. The van der Waals surface area contributed by atoms with E-state index in [-0.39, 0.29) is 28.6 Å². The van der Waals surface area contributed by atoms with Gasteiger partial charge in [0.1, 0.15) is 17.2 Å². The van der Waals surface area contributed by atoms with Gasteiger partial charge < -0.3 is 15.3 Å². The van der Waals surface area contributed by atoms with Gasteiger partial charge in [0.05, 0.1) is 5.56 Å². The van der Waals surface area contributed by atoms with E-state index < -0.39 is 0 Å². The number of phenolic OH excluding ortho intramolecular Hbond substituents is 3. The molecule has 0 aliphatic rings. The van der Waals surface area contributed by atoms with Crippen molar-refractivity contribution in [2.75, 3.05) is 0 Å². The molecule has 0 spiro atoms. The molecule has 0 saturated heterocycles. The monoisotopic (exact) mass is 346 g/mol. The smallest absolute Gasteiger partial charge is 0.197 e. The van der Waals surface area contributed by atoms with Crippen LogP contribution in [-0.4, -0.2) is 21.1 Å². The van der Waals surface area contributed by atoms with E-state index in [1.54, 1.807) is 54.6 Å². The summed E-state index contributed by atoms with van der Waals surface area (Å²) in [6, 6.07) is 16.2. The molecule has 0 radical (unpaired) electrons. The fraction of sp³-hybridized carbons (Fsp3) is 0.0455. The van der Waals surface area contributed by atoms with Crippen molar-refractivity contribution in [1.29, 1.82) is 0 Å². The number of carbonyl (C=O) groups is 1. The first-order chi connectivity index (χ1) is 12.4. The van der Waals surface area contributed by atoms with Crippen LogP contribution in [0.5, 0.6) is 17.2 Å². The Balaban J connectivity index is 2.05. The molecule has 3 rings (SSSR count). The number of aromatic hydroxyl groups is 3. The minimum Gasteiger partial charge on any atom is -0.508 e. The molecule has 3 aromatic carbocycles. The zero-order valence-electron chi connectivity index (χ0n) is 14.2. The molecule has 4 nitrogen and oxygen atoms in total. The quantitative estimate of drug-likeness (QED) is 0.480. The maximum atomic E-state index is 12.9. The van der Waals surface area contributed by atoms with Gasteiger partial charge in [-0.1, -0.05) is 48.0 Å². The van der Waals surface area contributed by atoms with Gasteiger partial charge in [0.15, 0.2) is 5.78 Å². The van der Waals surface area contributed by atoms with Crippen LogP contribution in [0, 0.1) is 6.92 Å². The summed E-state index contributed by atoms with van der Waals surface area (Å²) >= 11 is 0. The molecule has 0 bridgehead atoms. The Kier molecular flexibility index (Phi) is 4.76. The molecule has 0 aromatic heterocycles. The number of aryl methyl sites for hydroxylation is 1. The van der Waals surface area contributed by atoms with E-state index in [1.165, 1.54) is 6.07 Å². The van der Waals surface area contributed by atoms with Crippen molar-refractivity contribution in [3.05, 3.63) is 88.5 Å². The Labute approximate surface area is 151 Å². The van der Waals surface area contributed by atoms with Gasteiger partial charge >= 0.3 is 0 Å². The zero-order valence-corrected chi connectivity index (χ0v) is 14.2. The molecule has 26 heavy (non-hydrogen) atoms. The molecule has 4 heteroatoms. The first kappa shape index (κ1) is 17.3. The van der Waals surface area contributed by atoms with Gasteiger partial charge in [0.25, 0.3) is 0 Å². The SMILES string of the molecule is Cc1cccc(C(=O)c2c(O)cc(O)cc2C=Cc2ccc(O)cc2)c1. The fourth-order valence-corrected chi connectivity index (χ4v) is 2.71. The maximum absolute atomic E-state index is 12.9. The molecular weight excluding hydrogens is 328 g/mol. The van der Waals surface area contributed by atoms with E-state index in [1.807, 2.05) is 13.0 Å². The number of carbonyl (C=O) groups excluding carboxylic acids is 1. The lowest BCUT2D eigenvalue weighted by atomic mass is 9.95. The number of ketones is 1. The summed E-state index contributed by atoms with van der Waals surface area (Å²) in [5, 5.41) is 29.4.